The Labute approximate surface area is 301 Å². The van der Waals surface area contributed by atoms with Crippen molar-refractivity contribution in [1.29, 1.82) is 0 Å². The SMILES string of the molecule is O=C(ON1C(=O)CCC1=O)C(CCSSc1ccccn1)S(=O)(=O)O.O=C(ON1C(=O)CCC1=O)C(CCSSc1ccccn1)S(=O)(=O)O. The molecule has 0 spiro atoms. The van der Waals surface area contributed by atoms with Gasteiger partial charge in [-0.1, -0.05) is 33.7 Å². The Morgan fingerprint density at radius 3 is 1.28 bits per heavy atom. The minimum atomic E-state index is -4.75. The molecular weight excluding hydrogens is 785 g/mol. The molecule has 272 valence electrons. The molecule has 0 saturated carbocycles. The zero-order valence-electron chi connectivity index (χ0n) is 25.5. The Morgan fingerprint density at radius 2 is 1.00 bits per heavy atom. The molecule has 24 heteroatoms. The highest BCUT2D eigenvalue weighted by atomic mass is 33.1. The van der Waals surface area contributed by atoms with Gasteiger partial charge in [-0.25, -0.2) is 19.6 Å². The minimum Gasteiger partial charge on any atom is -0.329 e. The summed E-state index contributed by atoms with van der Waals surface area (Å²) in [5, 5.41) is -1.87. The highest BCUT2D eigenvalue weighted by Gasteiger charge is 2.40. The van der Waals surface area contributed by atoms with Crippen molar-refractivity contribution in [2.45, 2.75) is 59.1 Å². The molecule has 2 N–H and O–H groups in total. The summed E-state index contributed by atoms with van der Waals surface area (Å²) < 4.78 is 64.1. The lowest BCUT2D eigenvalue weighted by Gasteiger charge is -2.17. The quantitative estimate of drug-likeness (QED) is 0.106. The second-order valence-electron chi connectivity index (χ2n) is 9.72. The number of carbonyl (C=O) groups is 6. The van der Waals surface area contributed by atoms with Crippen molar-refractivity contribution in [1.82, 2.24) is 20.1 Å². The minimum absolute atomic E-state index is 0.112. The van der Waals surface area contributed by atoms with Crippen LogP contribution in [0.1, 0.15) is 38.5 Å². The van der Waals surface area contributed by atoms with Crippen LogP contribution >= 0.6 is 43.2 Å². The van der Waals surface area contributed by atoms with E-state index in [9.17, 15) is 54.7 Å². The summed E-state index contributed by atoms with van der Waals surface area (Å²) in [4.78, 5) is 86.8. The number of amides is 4. The molecule has 2 aromatic heterocycles. The fraction of sp³-hybridized carbons (Fsp3) is 0.385. The molecule has 0 aromatic carbocycles. The molecule has 0 radical (unpaired) electrons. The van der Waals surface area contributed by atoms with Gasteiger partial charge >= 0.3 is 11.9 Å². The highest BCUT2D eigenvalue weighted by Crippen LogP contribution is 2.31. The third kappa shape index (κ3) is 13.1. The van der Waals surface area contributed by atoms with Crippen molar-refractivity contribution < 1.29 is 64.4 Å². The van der Waals surface area contributed by atoms with E-state index in [0.717, 1.165) is 0 Å². The maximum absolute atomic E-state index is 12.0. The molecular formula is C26H28N4O14S6. The number of aromatic nitrogens is 2. The fourth-order valence-corrected chi connectivity index (χ4v) is 9.34. The maximum Gasteiger partial charge on any atom is 0.353 e. The summed E-state index contributed by atoms with van der Waals surface area (Å²) in [6, 6.07) is 10.6. The van der Waals surface area contributed by atoms with Crippen molar-refractivity contribution in [3.8, 4) is 0 Å². The molecule has 2 aliphatic rings. The van der Waals surface area contributed by atoms with Gasteiger partial charge in [0.1, 0.15) is 10.1 Å². The topological polar surface area (TPSA) is 262 Å². The van der Waals surface area contributed by atoms with E-state index in [1.54, 1.807) is 48.8 Å². The van der Waals surface area contributed by atoms with Gasteiger partial charge in [-0.3, -0.25) is 28.3 Å². The van der Waals surface area contributed by atoms with Crippen LogP contribution < -0.4 is 0 Å². The Morgan fingerprint density at radius 1 is 0.660 bits per heavy atom. The van der Waals surface area contributed by atoms with Gasteiger partial charge < -0.3 is 9.68 Å². The van der Waals surface area contributed by atoms with Gasteiger partial charge in [-0.05, 0) is 58.7 Å². The van der Waals surface area contributed by atoms with Crippen LogP contribution in [-0.4, -0.2) is 104 Å². The molecule has 4 rings (SSSR count). The van der Waals surface area contributed by atoms with Crippen LogP contribution in [0.3, 0.4) is 0 Å². The predicted octanol–water partition coefficient (Wildman–Crippen LogP) is 2.15. The van der Waals surface area contributed by atoms with E-state index >= 15 is 0 Å². The molecule has 2 unspecified atom stereocenters. The molecule has 2 fully saturated rings. The molecule has 4 amide bonds. The molecule has 2 saturated heterocycles. The monoisotopic (exact) mass is 812 g/mol. The van der Waals surface area contributed by atoms with Crippen LogP contribution in [0.2, 0.25) is 0 Å². The maximum atomic E-state index is 12.0. The second-order valence-corrected chi connectivity index (χ2v) is 17.8. The number of pyridine rings is 2. The van der Waals surface area contributed by atoms with E-state index in [4.69, 9.17) is 0 Å². The molecule has 50 heavy (non-hydrogen) atoms. The van der Waals surface area contributed by atoms with Gasteiger partial charge in [0.2, 0.25) is 0 Å². The van der Waals surface area contributed by atoms with Gasteiger partial charge in [-0.2, -0.15) is 16.8 Å². The largest absolute Gasteiger partial charge is 0.353 e. The number of hydrogen-bond donors (Lipinski definition) is 2. The highest BCUT2D eigenvalue weighted by molar-refractivity contribution is 8.77. The zero-order chi connectivity index (χ0) is 36.9. The summed E-state index contributed by atoms with van der Waals surface area (Å²) in [7, 11) is -4.47. The van der Waals surface area contributed by atoms with Crippen LogP contribution in [-0.2, 0) is 58.7 Å². The molecule has 4 heterocycles. The Balaban J connectivity index is 0.000000270. The van der Waals surface area contributed by atoms with E-state index in [-0.39, 0.29) is 60.2 Å². The average Bonchev–Trinajstić information content (AvgIpc) is 3.54. The van der Waals surface area contributed by atoms with E-state index in [1.807, 2.05) is 0 Å². The zero-order valence-corrected chi connectivity index (χ0v) is 30.4. The smallest absolute Gasteiger partial charge is 0.329 e. The number of rotatable bonds is 16. The van der Waals surface area contributed by atoms with Crippen molar-refractivity contribution >= 4 is 99.0 Å². The summed E-state index contributed by atoms with van der Waals surface area (Å²) >= 11 is 0. The predicted molar refractivity (Wildman–Crippen MR) is 179 cm³/mol. The van der Waals surface area contributed by atoms with Crippen molar-refractivity contribution in [3.05, 3.63) is 48.8 Å². The summed E-state index contributed by atoms with van der Waals surface area (Å²) in [6.45, 7) is 0. The second kappa shape index (κ2) is 19.4. The molecule has 2 aliphatic heterocycles. The normalized spacial score (nSPS) is 16.1. The third-order valence-corrected chi connectivity index (χ3v) is 13.0. The molecule has 2 atom stereocenters. The fourth-order valence-electron chi connectivity index (χ4n) is 3.70. The summed E-state index contributed by atoms with van der Waals surface area (Å²) in [5.74, 6) is -5.28. The van der Waals surface area contributed by atoms with Gasteiger partial charge in [-0.15, -0.1) is 10.1 Å². The Hall–Kier alpha value is -3.26. The van der Waals surface area contributed by atoms with E-state index in [0.29, 0.717) is 10.1 Å². The number of nitrogens with zero attached hydrogens (tertiary/aromatic N) is 4. The van der Waals surface area contributed by atoms with Crippen LogP contribution in [0.15, 0.2) is 58.8 Å². The number of imide groups is 2. The van der Waals surface area contributed by atoms with E-state index in [2.05, 4.69) is 19.6 Å². The van der Waals surface area contributed by atoms with Crippen molar-refractivity contribution in [3.63, 3.8) is 0 Å². The lowest BCUT2D eigenvalue weighted by atomic mass is 10.3. The van der Waals surface area contributed by atoms with Crippen LogP contribution in [0.25, 0.3) is 0 Å². The van der Waals surface area contributed by atoms with Gasteiger partial charge in [0, 0.05) is 49.6 Å². The molecule has 0 aliphatic carbocycles. The van der Waals surface area contributed by atoms with Crippen LogP contribution in [0.5, 0.6) is 0 Å². The lowest BCUT2D eigenvalue weighted by Crippen LogP contribution is -2.39. The summed E-state index contributed by atoms with van der Waals surface area (Å²) in [5.41, 5.74) is 0. The van der Waals surface area contributed by atoms with Gasteiger partial charge in [0.15, 0.2) is 10.5 Å². The Bertz CT molecular complexity index is 1610. The molecule has 2 aromatic rings. The van der Waals surface area contributed by atoms with E-state index < -0.39 is 66.3 Å². The first-order chi connectivity index (χ1) is 23.6. The first-order valence-corrected chi connectivity index (χ1v) is 21.7. The van der Waals surface area contributed by atoms with Crippen LogP contribution in [0.4, 0.5) is 0 Å². The summed E-state index contributed by atoms with van der Waals surface area (Å²) in [6.07, 6.45) is 2.25. The average molecular weight is 813 g/mol. The standard InChI is InChI=1S/2C13H14N2O7S3/c2*16-11-4-5-12(17)15(11)22-13(18)9(25(19,20)21)6-8-23-24-10-3-1-2-7-14-10/h2*1-3,7,9H,4-6,8H2,(H,19,20,21). The Kier molecular flexibility index (Phi) is 16.0. The number of hydrogen-bond acceptors (Lipinski definition) is 18. The first kappa shape index (κ1) is 41.2. The molecule has 18 nitrogen and oxygen atoms in total. The number of carbonyl (C=O) groups excluding carboxylic acids is 6. The van der Waals surface area contributed by atoms with Crippen molar-refractivity contribution in [2.75, 3.05) is 11.5 Å². The van der Waals surface area contributed by atoms with Crippen LogP contribution in [0, 0.1) is 0 Å². The van der Waals surface area contributed by atoms with Gasteiger partial charge in [0.05, 0.1) is 0 Å². The van der Waals surface area contributed by atoms with Crippen molar-refractivity contribution in [2.24, 2.45) is 0 Å². The molecule has 0 bridgehead atoms. The number of hydroxylamine groups is 4. The van der Waals surface area contributed by atoms with E-state index in [1.165, 1.54) is 43.2 Å². The third-order valence-electron chi connectivity index (χ3n) is 6.11. The lowest BCUT2D eigenvalue weighted by molar-refractivity contribution is -0.197. The van der Waals surface area contributed by atoms with Gasteiger partial charge in [0.25, 0.3) is 43.9 Å². The first-order valence-electron chi connectivity index (χ1n) is 14.1.